The Morgan fingerprint density at radius 2 is 1.76 bits per heavy atom. The summed E-state index contributed by atoms with van der Waals surface area (Å²) in [5.41, 5.74) is 0.0984. The van der Waals surface area contributed by atoms with Crippen LogP contribution in [0.2, 0.25) is 0 Å². The highest BCUT2D eigenvalue weighted by atomic mass is 32.1. The summed E-state index contributed by atoms with van der Waals surface area (Å²) >= 11 is 1.53. The normalized spacial score (nSPS) is 20.2. The lowest BCUT2D eigenvalue weighted by Gasteiger charge is -2.37. The molecular formula is C19H25N3O2S. The Bertz CT molecular complexity index is 798. The van der Waals surface area contributed by atoms with Gasteiger partial charge in [-0.3, -0.25) is 14.5 Å². The number of hydrogen-bond acceptors (Lipinski definition) is 4. The summed E-state index contributed by atoms with van der Waals surface area (Å²) in [6.45, 7) is 3.89. The Hall–Kier alpha value is -1.66. The smallest absolute Gasteiger partial charge is 0.269 e. The van der Waals surface area contributed by atoms with E-state index < -0.39 is 0 Å². The van der Waals surface area contributed by atoms with Gasteiger partial charge in [-0.05, 0) is 25.0 Å². The maximum absolute atomic E-state index is 12.6. The summed E-state index contributed by atoms with van der Waals surface area (Å²) in [5, 5.41) is 0.804. The summed E-state index contributed by atoms with van der Waals surface area (Å²) in [7, 11) is 0. The van der Waals surface area contributed by atoms with Crippen LogP contribution < -0.4 is 5.56 Å². The molecule has 25 heavy (non-hydrogen) atoms. The highest BCUT2D eigenvalue weighted by molar-refractivity contribution is 7.13. The molecule has 0 bridgehead atoms. The molecule has 1 aromatic carbocycles. The maximum Gasteiger partial charge on any atom is 0.269 e. The zero-order valence-corrected chi connectivity index (χ0v) is 15.3. The van der Waals surface area contributed by atoms with Crippen LogP contribution in [0.25, 0.3) is 10.1 Å². The number of benzene rings is 1. The second-order valence-electron chi connectivity index (χ2n) is 7.19. The third-order valence-electron chi connectivity index (χ3n) is 5.52. The maximum atomic E-state index is 12.6. The lowest BCUT2D eigenvalue weighted by atomic mass is 9.88. The van der Waals surface area contributed by atoms with Gasteiger partial charge in [0.2, 0.25) is 5.91 Å². The third-order valence-corrected chi connectivity index (χ3v) is 6.57. The van der Waals surface area contributed by atoms with Gasteiger partial charge in [-0.1, -0.05) is 42.9 Å². The summed E-state index contributed by atoms with van der Waals surface area (Å²) in [6.07, 6.45) is 5.81. The first-order valence-electron chi connectivity index (χ1n) is 9.32. The third kappa shape index (κ3) is 3.51. The first-order chi connectivity index (χ1) is 12.2. The molecule has 1 aliphatic heterocycles. The SMILES string of the molecule is O=C(C1CCCCC1)N1CCN(Cn2sc3ccccc3c2=O)CC1. The van der Waals surface area contributed by atoms with Gasteiger partial charge in [0.1, 0.15) is 0 Å². The molecule has 1 aliphatic carbocycles. The van der Waals surface area contributed by atoms with Crippen molar-refractivity contribution in [3.8, 4) is 0 Å². The number of piperazine rings is 1. The monoisotopic (exact) mass is 359 g/mol. The molecule has 5 nitrogen and oxygen atoms in total. The summed E-state index contributed by atoms with van der Waals surface area (Å²) < 4.78 is 2.88. The summed E-state index contributed by atoms with van der Waals surface area (Å²) in [6, 6.07) is 7.78. The van der Waals surface area contributed by atoms with Crippen LogP contribution in [0.4, 0.5) is 0 Å². The molecule has 2 fully saturated rings. The fraction of sp³-hybridized carbons (Fsp3) is 0.579. The Kier molecular flexibility index (Phi) is 4.90. The van der Waals surface area contributed by atoms with Crippen LogP contribution in [0.15, 0.2) is 29.1 Å². The van der Waals surface area contributed by atoms with Crippen molar-refractivity contribution < 1.29 is 4.79 Å². The zero-order valence-electron chi connectivity index (χ0n) is 14.5. The molecule has 134 valence electrons. The first kappa shape index (κ1) is 16.8. The highest BCUT2D eigenvalue weighted by Gasteiger charge is 2.28. The number of fused-ring (bicyclic) bond motifs is 1. The van der Waals surface area contributed by atoms with Crippen LogP contribution in [-0.2, 0) is 11.5 Å². The largest absolute Gasteiger partial charge is 0.340 e. The predicted molar refractivity (Wildman–Crippen MR) is 101 cm³/mol. The van der Waals surface area contributed by atoms with Gasteiger partial charge < -0.3 is 4.90 Å². The summed E-state index contributed by atoms with van der Waals surface area (Å²) in [4.78, 5) is 29.4. The van der Waals surface area contributed by atoms with Gasteiger partial charge >= 0.3 is 0 Å². The van der Waals surface area contributed by atoms with Crippen molar-refractivity contribution in [3.63, 3.8) is 0 Å². The van der Waals surface area contributed by atoms with Crippen LogP contribution >= 0.6 is 11.5 Å². The fourth-order valence-electron chi connectivity index (χ4n) is 4.01. The van der Waals surface area contributed by atoms with Crippen LogP contribution in [0.3, 0.4) is 0 Å². The Morgan fingerprint density at radius 3 is 2.48 bits per heavy atom. The van der Waals surface area contributed by atoms with Crippen molar-refractivity contribution in [2.24, 2.45) is 5.92 Å². The molecule has 0 atom stereocenters. The average molecular weight is 359 g/mol. The minimum absolute atomic E-state index is 0.0984. The number of amides is 1. The van der Waals surface area contributed by atoms with Crippen LogP contribution in [-0.4, -0.2) is 45.8 Å². The fourth-order valence-corrected chi connectivity index (χ4v) is 5.04. The van der Waals surface area contributed by atoms with E-state index in [1.165, 1.54) is 30.8 Å². The minimum atomic E-state index is 0.0984. The quantitative estimate of drug-likeness (QED) is 0.846. The van der Waals surface area contributed by atoms with E-state index in [9.17, 15) is 9.59 Å². The van der Waals surface area contributed by atoms with Crippen LogP contribution in [0.1, 0.15) is 32.1 Å². The van der Waals surface area contributed by atoms with E-state index in [1.807, 2.05) is 33.1 Å². The Labute approximate surface area is 152 Å². The lowest BCUT2D eigenvalue weighted by molar-refractivity contribution is -0.138. The van der Waals surface area contributed by atoms with Gasteiger partial charge in [0.15, 0.2) is 0 Å². The molecule has 0 unspecified atom stereocenters. The van der Waals surface area contributed by atoms with Crippen LogP contribution in [0.5, 0.6) is 0 Å². The molecule has 2 aromatic rings. The van der Waals surface area contributed by atoms with Crippen molar-refractivity contribution >= 4 is 27.5 Å². The second-order valence-corrected chi connectivity index (χ2v) is 8.25. The van der Waals surface area contributed by atoms with Crippen molar-refractivity contribution in [1.29, 1.82) is 0 Å². The number of carbonyl (C=O) groups excluding carboxylic acids is 1. The van der Waals surface area contributed by atoms with Crippen molar-refractivity contribution in [2.75, 3.05) is 26.2 Å². The van der Waals surface area contributed by atoms with E-state index in [0.29, 0.717) is 12.6 Å². The van der Waals surface area contributed by atoms with Gasteiger partial charge in [-0.2, -0.15) is 0 Å². The molecule has 1 amide bonds. The number of hydrogen-bond donors (Lipinski definition) is 0. The predicted octanol–water partition coefficient (Wildman–Crippen LogP) is 2.75. The van der Waals surface area contributed by atoms with Crippen LogP contribution in [0, 0.1) is 5.92 Å². The van der Waals surface area contributed by atoms with E-state index in [1.54, 1.807) is 0 Å². The van der Waals surface area contributed by atoms with E-state index in [2.05, 4.69) is 4.90 Å². The number of nitrogens with zero attached hydrogens (tertiary/aromatic N) is 3. The van der Waals surface area contributed by atoms with Gasteiger partial charge in [-0.25, -0.2) is 3.96 Å². The molecule has 1 saturated heterocycles. The molecule has 0 N–H and O–H groups in total. The number of carbonyl (C=O) groups is 1. The molecule has 0 spiro atoms. The van der Waals surface area contributed by atoms with E-state index in [-0.39, 0.29) is 11.5 Å². The van der Waals surface area contributed by atoms with Gasteiger partial charge in [0.05, 0.1) is 16.8 Å². The second kappa shape index (κ2) is 7.30. The Morgan fingerprint density at radius 1 is 1.04 bits per heavy atom. The lowest BCUT2D eigenvalue weighted by Crippen LogP contribution is -2.51. The molecule has 0 radical (unpaired) electrons. The molecule has 4 rings (SSSR count). The zero-order chi connectivity index (χ0) is 17.2. The van der Waals surface area contributed by atoms with Crippen molar-refractivity contribution in [2.45, 2.75) is 38.8 Å². The molecule has 1 aromatic heterocycles. The topological polar surface area (TPSA) is 45.6 Å². The standard InChI is InChI=1S/C19H25N3O2S/c23-18(15-6-2-1-3-7-15)21-12-10-20(11-13-21)14-22-19(24)16-8-4-5-9-17(16)25-22/h4-5,8-9,15H,1-3,6-7,10-14H2. The van der Waals surface area contributed by atoms with Crippen molar-refractivity contribution in [3.05, 3.63) is 34.6 Å². The molecular weight excluding hydrogens is 334 g/mol. The Balaban J connectivity index is 1.36. The summed E-state index contributed by atoms with van der Waals surface area (Å²) in [5.74, 6) is 0.615. The molecule has 2 heterocycles. The molecule has 6 heteroatoms. The van der Waals surface area contributed by atoms with Gasteiger partial charge in [0.25, 0.3) is 5.56 Å². The number of aromatic nitrogens is 1. The average Bonchev–Trinajstić information content (AvgIpc) is 2.98. The first-order valence-corrected chi connectivity index (χ1v) is 10.1. The molecule has 1 saturated carbocycles. The molecule has 2 aliphatic rings. The van der Waals surface area contributed by atoms with Gasteiger partial charge in [0, 0.05) is 32.1 Å². The van der Waals surface area contributed by atoms with E-state index in [4.69, 9.17) is 0 Å². The highest BCUT2D eigenvalue weighted by Crippen LogP contribution is 2.26. The van der Waals surface area contributed by atoms with E-state index in [0.717, 1.165) is 49.1 Å². The number of rotatable bonds is 3. The van der Waals surface area contributed by atoms with Gasteiger partial charge in [-0.15, -0.1) is 0 Å². The minimum Gasteiger partial charge on any atom is -0.340 e. The van der Waals surface area contributed by atoms with Crippen molar-refractivity contribution in [1.82, 2.24) is 13.8 Å². The van der Waals surface area contributed by atoms with E-state index >= 15 is 0 Å².